The predicted octanol–water partition coefficient (Wildman–Crippen LogP) is -1.18. The molecule has 2 aliphatic carbocycles. The Labute approximate surface area is 69.8 Å². The topological polar surface area (TPSA) is 77.8 Å². The average Bonchev–Trinajstić information content (AvgIpc) is 2.22. The minimum absolute atomic E-state index is 0.0908. The number of hydrogen-bond donors (Lipinski definition) is 3. The van der Waals surface area contributed by atoms with E-state index in [0.29, 0.717) is 12.8 Å². The Morgan fingerprint density at radius 1 is 1.33 bits per heavy atom. The van der Waals surface area contributed by atoms with Gasteiger partial charge in [-0.15, -0.1) is 0 Å². The Morgan fingerprint density at radius 2 is 2.00 bits per heavy atom. The number of aliphatic hydroxyl groups excluding tert-OH is 2. The van der Waals surface area contributed by atoms with Crippen LogP contribution in [0.2, 0.25) is 0 Å². The Kier molecular flexibility index (Phi) is 1.55. The SMILES string of the molecule is O=C1C(O)CC2CC1(O)CC2O. The Morgan fingerprint density at radius 3 is 2.67 bits per heavy atom. The van der Waals surface area contributed by atoms with E-state index >= 15 is 0 Å². The highest BCUT2D eigenvalue weighted by Crippen LogP contribution is 2.43. The van der Waals surface area contributed by atoms with Crippen LogP contribution in [-0.2, 0) is 4.79 Å². The minimum Gasteiger partial charge on any atom is -0.393 e. The van der Waals surface area contributed by atoms with Crippen molar-refractivity contribution in [2.24, 2.45) is 5.92 Å². The zero-order chi connectivity index (χ0) is 8.93. The van der Waals surface area contributed by atoms with Crippen molar-refractivity contribution >= 4 is 5.78 Å². The van der Waals surface area contributed by atoms with E-state index in [0.717, 1.165) is 0 Å². The molecule has 2 saturated carbocycles. The van der Waals surface area contributed by atoms with Crippen LogP contribution in [0.5, 0.6) is 0 Å². The van der Waals surface area contributed by atoms with Gasteiger partial charge in [-0.1, -0.05) is 0 Å². The highest BCUT2D eigenvalue weighted by atomic mass is 16.3. The molecule has 0 radical (unpaired) electrons. The lowest BCUT2D eigenvalue weighted by Crippen LogP contribution is -2.46. The van der Waals surface area contributed by atoms with Crippen LogP contribution in [0.3, 0.4) is 0 Å². The van der Waals surface area contributed by atoms with Gasteiger partial charge in [0.05, 0.1) is 6.10 Å². The highest BCUT2D eigenvalue weighted by Gasteiger charge is 2.54. The van der Waals surface area contributed by atoms with Gasteiger partial charge in [-0.05, 0) is 18.8 Å². The van der Waals surface area contributed by atoms with Crippen LogP contribution >= 0.6 is 0 Å². The summed E-state index contributed by atoms with van der Waals surface area (Å²) < 4.78 is 0. The molecule has 3 N–H and O–H groups in total. The van der Waals surface area contributed by atoms with Crippen LogP contribution in [0.4, 0.5) is 0 Å². The first kappa shape index (κ1) is 8.16. The molecule has 68 valence electrons. The van der Waals surface area contributed by atoms with E-state index in [2.05, 4.69) is 0 Å². The zero-order valence-corrected chi connectivity index (χ0v) is 6.60. The summed E-state index contributed by atoms with van der Waals surface area (Å²) in [5.41, 5.74) is -1.44. The quantitative estimate of drug-likeness (QED) is 0.430. The Bertz CT molecular complexity index is 223. The summed E-state index contributed by atoms with van der Waals surface area (Å²) in [7, 11) is 0. The number of aliphatic hydroxyl groups is 3. The number of carbonyl (C=O) groups is 1. The van der Waals surface area contributed by atoms with Crippen LogP contribution in [0.1, 0.15) is 19.3 Å². The second kappa shape index (κ2) is 2.28. The first-order valence-electron chi connectivity index (χ1n) is 4.16. The summed E-state index contributed by atoms with van der Waals surface area (Å²) in [6, 6.07) is 0. The van der Waals surface area contributed by atoms with Crippen molar-refractivity contribution in [3.05, 3.63) is 0 Å². The Hall–Kier alpha value is -0.450. The van der Waals surface area contributed by atoms with Gasteiger partial charge >= 0.3 is 0 Å². The molecular formula is C8H12O4. The van der Waals surface area contributed by atoms with Gasteiger partial charge in [-0.2, -0.15) is 0 Å². The normalized spacial score (nSPS) is 52.9. The predicted molar refractivity (Wildman–Crippen MR) is 39.3 cm³/mol. The number of carbonyl (C=O) groups excluding carboxylic acids is 1. The lowest BCUT2D eigenvalue weighted by molar-refractivity contribution is -0.149. The second-order valence-corrected chi connectivity index (χ2v) is 3.88. The lowest BCUT2D eigenvalue weighted by Gasteiger charge is -2.28. The summed E-state index contributed by atoms with van der Waals surface area (Å²) in [5, 5.41) is 28.3. The average molecular weight is 172 g/mol. The molecule has 0 spiro atoms. The zero-order valence-electron chi connectivity index (χ0n) is 6.60. The second-order valence-electron chi connectivity index (χ2n) is 3.88. The fourth-order valence-corrected chi connectivity index (χ4v) is 2.31. The smallest absolute Gasteiger partial charge is 0.192 e. The third-order valence-electron chi connectivity index (χ3n) is 2.98. The van der Waals surface area contributed by atoms with Crippen molar-refractivity contribution < 1.29 is 20.1 Å². The first-order valence-corrected chi connectivity index (χ1v) is 4.16. The molecule has 0 aromatic heterocycles. The number of rotatable bonds is 0. The molecule has 12 heavy (non-hydrogen) atoms. The summed E-state index contributed by atoms with van der Waals surface area (Å²) in [6.07, 6.45) is -1.01. The Balaban J connectivity index is 2.29. The van der Waals surface area contributed by atoms with E-state index in [4.69, 9.17) is 0 Å². The highest BCUT2D eigenvalue weighted by molar-refractivity contribution is 5.92. The van der Waals surface area contributed by atoms with Crippen LogP contribution < -0.4 is 0 Å². The van der Waals surface area contributed by atoms with E-state index in [9.17, 15) is 20.1 Å². The van der Waals surface area contributed by atoms with Crippen LogP contribution in [0.15, 0.2) is 0 Å². The van der Waals surface area contributed by atoms with Crippen molar-refractivity contribution in [3.8, 4) is 0 Å². The van der Waals surface area contributed by atoms with Crippen molar-refractivity contribution in [1.82, 2.24) is 0 Å². The molecule has 0 aromatic rings. The van der Waals surface area contributed by atoms with Gasteiger partial charge in [0, 0.05) is 6.42 Å². The molecule has 0 aromatic carbocycles. The molecule has 0 saturated heterocycles. The van der Waals surface area contributed by atoms with Gasteiger partial charge in [0.2, 0.25) is 0 Å². The van der Waals surface area contributed by atoms with Gasteiger partial charge in [-0.25, -0.2) is 0 Å². The molecular weight excluding hydrogens is 160 g/mol. The molecule has 2 bridgehead atoms. The van der Waals surface area contributed by atoms with Gasteiger partial charge in [-0.3, -0.25) is 4.79 Å². The molecule has 2 rings (SSSR count). The number of Topliss-reactive ketones (excluding diaryl/α,β-unsaturated/α-hetero) is 1. The van der Waals surface area contributed by atoms with Crippen molar-refractivity contribution in [3.63, 3.8) is 0 Å². The summed E-state index contributed by atoms with van der Waals surface area (Å²) in [6.45, 7) is 0. The van der Waals surface area contributed by atoms with Crippen LogP contribution in [-0.4, -0.2) is 38.9 Å². The summed E-state index contributed by atoms with van der Waals surface area (Å²) >= 11 is 0. The lowest BCUT2D eigenvalue weighted by atomic mass is 9.82. The van der Waals surface area contributed by atoms with E-state index in [-0.39, 0.29) is 12.3 Å². The molecule has 4 atom stereocenters. The minimum atomic E-state index is -1.44. The number of ketones is 1. The largest absolute Gasteiger partial charge is 0.393 e. The first-order chi connectivity index (χ1) is 5.53. The molecule has 2 fully saturated rings. The maximum atomic E-state index is 11.2. The molecule has 4 unspecified atom stereocenters. The fourth-order valence-electron chi connectivity index (χ4n) is 2.31. The molecule has 0 heterocycles. The standard InChI is InChI=1S/C8H12O4/c9-5-1-4-2-8(12,7(5)11)3-6(4)10/h4-6,9-10,12H,1-3H2. The molecule has 2 aliphatic rings. The maximum Gasteiger partial charge on any atom is 0.192 e. The van der Waals surface area contributed by atoms with E-state index in [1.807, 2.05) is 0 Å². The monoisotopic (exact) mass is 172 g/mol. The van der Waals surface area contributed by atoms with E-state index in [1.165, 1.54) is 0 Å². The number of hydrogen-bond acceptors (Lipinski definition) is 4. The fraction of sp³-hybridized carbons (Fsp3) is 0.875. The maximum absolute atomic E-state index is 11.2. The van der Waals surface area contributed by atoms with Crippen molar-refractivity contribution in [2.75, 3.05) is 0 Å². The summed E-state index contributed by atoms with van der Waals surface area (Å²) in [4.78, 5) is 11.2. The molecule has 0 amide bonds. The van der Waals surface area contributed by atoms with Gasteiger partial charge in [0.1, 0.15) is 11.7 Å². The van der Waals surface area contributed by atoms with Gasteiger partial charge in [0.25, 0.3) is 0 Å². The molecule has 4 nitrogen and oxygen atoms in total. The van der Waals surface area contributed by atoms with E-state index in [1.54, 1.807) is 0 Å². The summed E-state index contributed by atoms with van der Waals surface area (Å²) in [5.74, 6) is -0.627. The van der Waals surface area contributed by atoms with Gasteiger partial charge in [0.15, 0.2) is 5.78 Å². The van der Waals surface area contributed by atoms with Crippen molar-refractivity contribution in [1.29, 1.82) is 0 Å². The van der Waals surface area contributed by atoms with Crippen LogP contribution in [0.25, 0.3) is 0 Å². The van der Waals surface area contributed by atoms with Crippen molar-refractivity contribution in [2.45, 2.75) is 37.1 Å². The van der Waals surface area contributed by atoms with Crippen LogP contribution in [0, 0.1) is 5.92 Å². The van der Waals surface area contributed by atoms with E-state index < -0.39 is 23.6 Å². The third kappa shape index (κ3) is 0.920. The van der Waals surface area contributed by atoms with Gasteiger partial charge < -0.3 is 15.3 Å². The third-order valence-corrected chi connectivity index (χ3v) is 2.98. The molecule has 0 aliphatic heterocycles. The molecule has 4 heteroatoms. The number of fused-ring (bicyclic) bond motifs is 2.